The van der Waals surface area contributed by atoms with Crippen LogP contribution in [0.15, 0.2) is 54.6 Å². The molecule has 5 N–H and O–H groups in total. The monoisotopic (exact) mass is 519 g/mol. The van der Waals surface area contributed by atoms with Crippen LogP contribution < -0.4 is 21.7 Å². The number of rotatable bonds is 8. The Balaban J connectivity index is 1.63. The summed E-state index contributed by atoms with van der Waals surface area (Å²) in [4.78, 5) is 54.2. The van der Waals surface area contributed by atoms with Gasteiger partial charge in [0.25, 0.3) is 0 Å². The summed E-state index contributed by atoms with van der Waals surface area (Å²) in [5.41, 5.74) is 8.61. The van der Waals surface area contributed by atoms with Gasteiger partial charge in [0.15, 0.2) is 0 Å². The molecule has 202 valence electrons. The molecule has 1 fully saturated rings. The molecule has 1 heterocycles. The van der Waals surface area contributed by atoms with E-state index in [-0.39, 0.29) is 29.6 Å². The number of likely N-dealkylation sites (tertiary alicyclic amines) is 1. The van der Waals surface area contributed by atoms with Crippen LogP contribution in [0.1, 0.15) is 49.4 Å². The van der Waals surface area contributed by atoms with Crippen LogP contribution in [0.5, 0.6) is 0 Å². The van der Waals surface area contributed by atoms with Crippen LogP contribution in [0.3, 0.4) is 0 Å². The minimum Gasteiger partial charge on any atom is -0.359 e. The molecule has 0 bridgehead atoms. The third-order valence-corrected chi connectivity index (χ3v) is 7.65. The number of carbonyl (C=O) groups excluding carboxylic acids is 4. The number of amides is 4. The molecule has 2 aliphatic rings. The number of carbonyl (C=O) groups is 4. The smallest absolute Gasteiger partial charge is 0.246 e. The van der Waals surface area contributed by atoms with Crippen molar-refractivity contribution in [1.82, 2.24) is 20.9 Å². The molecule has 4 rings (SSSR count). The summed E-state index contributed by atoms with van der Waals surface area (Å²) in [6.07, 6.45) is 0.523. The molecule has 2 aromatic carbocycles. The molecule has 38 heavy (non-hydrogen) atoms. The van der Waals surface area contributed by atoms with E-state index in [9.17, 15) is 19.2 Å². The zero-order valence-electron chi connectivity index (χ0n) is 22.3. The van der Waals surface area contributed by atoms with Gasteiger partial charge < -0.3 is 26.6 Å². The second-order valence-corrected chi connectivity index (χ2v) is 10.6. The van der Waals surface area contributed by atoms with Gasteiger partial charge in [-0.05, 0) is 36.0 Å². The van der Waals surface area contributed by atoms with E-state index in [1.165, 1.54) is 4.90 Å². The Kier molecular flexibility index (Phi) is 8.16. The zero-order valence-corrected chi connectivity index (χ0v) is 22.3. The Labute approximate surface area is 223 Å². The molecular weight excluding hydrogens is 482 g/mol. The van der Waals surface area contributed by atoms with Crippen molar-refractivity contribution in [3.8, 4) is 0 Å². The number of nitrogens with two attached hydrogens (primary N) is 1. The van der Waals surface area contributed by atoms with Crippen molar-refractivity contribution in [1.29, 1.82) is 0 Å². The molecule has 9 heteroatoms. The summed E-state index contributed by atoms with van der Waals surface area (Å²) in [5.74, 6) is -2.09. The van der Waals surface area contributed by atoms with Crippen LogP contribution in [-0.2, 0) is 25.6 Å². The van der Waals surface area contributed by atoms with Crippen LogP contribution >= 0.6 is 0 Å². The van der Waals surface area contributed by atoms with Gasteiger partial charge in [-0.2, -0.15) is 0 Å². The number of benzene rings is 2. The number of hydrogen-bond donors (Lipinski definition) is 4. The minimum atomic E-state index is -0.814. The Bertz CT molecular complexity index is 1200. The van der Waals surface area contributed by atoms with Gasteiger partial charge in [-0.3, -0.25) is 19.2 Å². The first-order chi connectivity index (χ1) is 18.1. The predicted molar refractivity (Wildman–Crippen MR) is 144 cm³/mol. The van der Waals surface area contributed by atoms with Gasteiger partial charge in [0.1, 0.15) is 12.1 Å². The van der Waals surface area contributed by atoms with E-state index in [4.69, 9.17) is 5.73 Å². The highest BCUT2D eigenvalue weighted by atomic mass is 16.2. The number of nitrogens with zero attached hydrogens (tertiary/aromatic N) is 1. The van der Waals surface area contributed by atoms with Gasteiger partial charge >= 0.3 is 0 Å². The molecule has 6 atom stereocenters. The van der Waals surface area contributed by atoms with E-state index < -0.39 is 36.0 Å². The second-order valence-electron chi connectivity index (χ2n) is 10.6. The largest absolute Gasteiger partial charge is 0.359 e. The summed E-state index contributed by atoms with van der Waals surface area (Å²) in [5, 5.41) is 8.58. The molecule has 0 spiro atoms. The molecule has 4 amide bonds. The standard InChI is InChI=1S/C29H37N5O4/c1-16(2)23(32-26(35)17(3)30)29(38)34-15-22(18-10-6-5-7-11-18)25(34)28(37)33-24-20-13-9-8-12-19(20)14-21(24)27(36)31-4/h5-13,16-17,21-25H,14-15,30H2,1-4H3,(H,31,36)(H,32,35)(H,33,37)/t17?,21-,22?,23?,24+,25?/m1/s1. The number of hydrogen-bond acceptors (Lipinski definition) is 5. The first-order valence-electron chi connectivity index (χ1n) is 13.1. The van der Waals surface area contributed by atoms with Crippen LogP contribution in [0.4, 0.5) is 0 Å². The molecule has 0 saturated carbocycles. The van der Waals surface area contributed by atoms with E-state index in [0.29, 0.717) is 13.0 Å². The van der Waals surface area contributed by atoms with E-state index in [1.807, 2.05) is 68.4 Å². The van der Waals surface area contributed by atoms with Gasteiger partial charge in [0, 0.05) is 19.5 Å². The van der Waals surface area contributed by atoms with Crippen LogP contribution in [0, 0.1) is 11.8 Å². The summed E-state index contributed by atoms with van der Waals surface area (Å²) in [7, 11) is 1.59. The molecule has 1 aliphatic carbocycles. The lowest BCUT2D eigenvalue weighted by Gasteiger charge is -2.49. The van der Waals surface area contributed by atoms with Crippen molar-refractivity contribution >= 4 is 23.6 Å². The maximum absolute atomic E-state index is 13.9. The fourth-order valence-electron chi connectivity index (χ4n) is 5.46. The van der Waals surface area contributed by atoms with Crippen molar-refractivity contribution in [2.75, 3.05) is 13.6 Å². The molecular formula is C29H37N5O4. The van der Waals surface area contributed by atoms with Gasteiger partial charge in [-0.25, -0.2) is 0 Å². The average molecular weight is 520 g/mol. The van der Waals surface area contributed by atoms with Gasteiger partial charge in [-0.15, -0.1) is 0 Å². The van der Waals surface area contributed by atoms with Crippen molar-refractivity contribution in [2.24, 2.45) is 17.6 Å². The average Bonchev–Trinajstić information content (AvgIpc) is 3.24. The molecule has 1 aliphatic heterocycles. The van der Waals surface area contributed by atoms with Crippen LogP contribution in [-0.4, -0.2) is 60.2 Å². The topological polar surface area (TPSA) is 134 Å². The summed E-state index contributed by atoms with van der Waals surface area (Å²) in [6, 6.07) is 14.5. The van der Waals surface area contributed by atoms with Crippen molar-refractivity contribution in [3.05, 3.63) is 71.3 Å². The fourth-order valence-corrected chi connectivity index (χ4v) is 5.46. The first kappa shape index (κ1) is 27.3. The number of fused-ring (bicyclic) bond motifs is 1. The highest BCUT2D eigenvalue weighted by molar-refractivity contribution is 5.95. The summed E-state index contributed by atoms with van der Waals surface area (Å²) >= 11 is 0. The van der Waals surface area contributed by atoms with Gasteiger partial charge in [0.05, 0.1) is 18.0 Å². The maximum atomic E-state index is 13.9. The van der Waals surface area contributed by atoms with E-state index >= 15 is 0 Å². The SMILES string of the molecule is CNC(=O)[C@@H]1Cc2ccccc2[C@@H]1NC(=O)C1C(c2ccccc2)CN1C(=O)C(NC(=O)C(C)N)C(C)C. The number of nitrogens with one attached hydrogen (secondary N) is 3. The highest BCUT2D eigenvalue weighted by Crippen LogP contribution is 2.39. The van der Waals surface area contributed by atoms with Gasteiger partial charge in [-0.1, -0.05) is 68.4 Å². The molecule has 9 nitrogen and oxygen atoms in total. The van der Waals surface area contributed by atoms with Crippen molar-refractivity contribution < 1.29 is 19.2 Å². The minimum absolute atomic E-state index is 0.147. The van der Waals surface area contributed by atoms with E-state index in [0.717, 1.165) is 16.7 Å². The Hall–Kier alpha value is -3.72. The second kappa shape index (κ2) is 11.3. The molecule has 0 radical (unpaired) electrons. The predicted octanol–water partition coefficient (Wildman–Crippen LogP) is 1.24. The first-order valence-corrected chi connectivity index (χ1v) is 13.1. The third kappa shape index (κ3) is 5.29. The normalized spacial score (nSPS) is 23.6. The van der Waals surface area contributed by atoms with Crippen molar-refractivity contribution in [3.63, 3.8) is 0 Å². The third-order valence-electron chi connectivity index (χ3n) is 7.65. The zero-order chi connectivity index (χ0) is 27.6. The summed E-state index contributed by atoms with van der Waals surface area (Å²) in [6.45, 7) is 5.59. The maximum Gasteiger partial charge on any atom is 0.246 e. The van der Waals surface area contributed by atoms with Crippen molar-refractivity contribution in [2.45, 2.75) is 57.3 Å². The fraction of sp³-hybridized carbons (Fsp3) is 0.448. The lowest BCUT2D eigenvalue weighted by atomic mass is 9.80. The molecule has 0 aromatic heterocycles. The highest BCUT2D eigenvalue weighted by Gasteiger charge is 2.50. The van der Waals surface area contributed by atoms with E-state index in [1.54, 1.807) is 14.0 Å². The van der Waals surface area contributed by atoms with Crippen LogP contribution in [0.2, 0.25) is 0 Å². The molecule has 2 aromatic rings. The van der Waals surface area contributed by atoms with Gasteiger partial charge in [0.2, 0.25) is 23.6 Å². The quantitative estimate of drug-likeness (QED) is 0.417. The molecule has 4 unspecified atom stereocenters. The lowest BCUT2D eigenvalue weighted by molar-refractivity contribution is -0.153. The Morgan fingerprint density at radius 2 is 1.61 bits per heavy atom. The molecule has 1 saturated heterocycles. The Morgan fingerprint density at radius 3 is 2.24 bits per heavy atom. The summed E-state index contributed by atoms with van der Waals surface area (Å²) < 4.78 is 0. The van der Waals surface area contributed by atoms with E-state index in [2.05, 4.69) is 16.0 Å². The Morgan fingerprint density at radius 1 is 0.947 bits per heavy atom. The van der Waals surface area contributed by atoms with Crippen LogP contribution in [0.25, 0.3) is 0 Å². The lowest BCUT2D eigenvalue weighted by Crippen LogP contribution is -2.67.